The molecule has 0 aliphatic carbocycles. The third kappa shape index (κ3) is 1.85. The van der Waals surface area contributed by atoms with Crippen LogP contribution in [0.3, 0.4) is 0 Å². The fourth-order valence-corrected chi connectivity index (χ4v) is 2.26. The van der Waals surface area contributed by atoms with Crippen LogP contribution in [0.5, 0.6) is 0 Å². The van der Waals surface area contributed by atoms with E-state index in [0.29, 0.717) is 5.02 Å². The summed E-state index contributed by atoms with van der Waals surface area (Å²) in [6.07, 6.45) is 0.937. The number of rotatable bonds is 1. The van der Waals surface area contributed by atoms with Gasteiger partial charge in [0.25, 0.3) is 0 Å². The van der Waals surface area contributed by atoms with E-state index in [-0.39, 0.29) is 11.9 Å². The van der Waals surface area contributed by atoms with Gasteiger partial charge >= 0.3 is 0 Å². The molecule has 1 atom stereocenters. The zero-order chi connectivity index (χ0) is 11.0. The highest BCUT2D eigenvalue weighted by molar-refractivity contribution is 6.30. The lowest BCUT2D eigenvalue weighted by Gasteiger charge is -2.32. The van der Waals surface area contributed by atoms with E-state index in [0.717, 1.165) is 18.5 Å². The maximum Gasteiger partial charge on any atom is 0.239 e. The van der Waals surface area contributed by atoms with Crippen LogP contribution in [-0.2, 0) is 11.2 Å². The van der Waals surface area contributed by atoms with E-state index >= 15 is 0 Å². The van der Waals surface area contributed by atoms with Crippen LogP contribution >= 0.6 is 11.6 Å². The van der Waals surface area contributed by atoms with Crippen molar-refractivity contribution in [2.24, 2.45) is 5.73 Å². The lowest BCUT2D eigenvalue weighted by Crippen LogP contribution is -2.40. The summed E-state index contributed by atoms with van der Waals surface area (Å²) in [6, 6.07) is 5.32. The summed E-state index contributed by atoms with van der Waals surface area (Å²) in [5.41, 5.74) is 7.51. The van der Waals surface area contributed by atoms with E-state index in [4.69, 9.17) is 17.3 Å². The molecule has 0 bridgehead atoms. The third-order valence-electron chi connectivity index (χ3n) is 2.85. The van der Waals surface area contributed by atoms with Gasteiger partial charge in [-0.1, -0.05) is 17.7 Å². The Morgan fingerprint density at radius 3 is 3.00 bits per heavy atom. The largest absolute Gasteiger partial charge is 0.368 e. The van der Waals surface area contributed by atoms with Gasteiger partial charge in [0.2, 0.25) is 5.91 Å². The number of fused-ring (bicyclic) bond motifs is 1. The average Bonchev–Trinajstić information content (AvgIpc) is 2.16. The molecule has 0 aromatic heterocycles. The molecule has 4 heteroatoms. The molecule has 0 radical (unpaired) electrons. The van der Waals surface area contributed by atoms with Crippen molar-refractivity contribution in [3.05, 3.63) is 34.3 Å². The first kappa shape index (κ1) is 10.5. The van der Waals surface area contributed by atoms with Crippen molar-refractivity contribution in [1.29, 1.82) is 0 Å². The van der Waals surface area contributed by atoms with E-state index in [9.17, 15) is 4.79 Å². The lowest BCUT2D eigenvalue weighted by atomic mass is 9.93. The van der Waals surface area contributed by atoms with Crippen molar-refractivity contribution < 1.29 is 4.79 Å². The van der Waals surface area contributed by atoms with Crippen molar-refractivity contribution in [2.45, 2.75) is 12.5 Å². The number of primary amides is 1. The summed E-state index contributed by atoms with van der Waals surface area (Å²) in [7, 11) is 1.90. The summed E-state index contributed by atoms with van der Waals surface area (Å²) in [6.45, 7) is 0.849. The van der Waals surface area contributed by atoms with Crippen LogP contribution in [0.1, 0.15) is 17.2 Å². The van der Waals surface area contributed by atoms with Crippen LogP contribution in [-0.4, -0.2) is 24.4 Å². The first-order valence-electron chi connectivity index (χ1n) is 4.87. The minimum atomic E-state index is -0.340. The van der Waals surface area contributed by atoms with Crippen molar-refractivity contribution in [3.63, 3.8) is 0 Å². The van der Waals surface area contributed by atoms with E-state index in [2.05, 4.69) is 0 Å². The normalized spacial score (nSPS) is 21.1. The number of carbonyl (C=O) groups excluding carboxylic acids is 1. The van der Waals surface area contributed by atoms with Gasteiger partial charge < -0.3 is 5.73 Å². The number of hydrogen-bond donors (Lipinski definition) is 1. The summed E-state index contributed by atoms with van der Waals surface area (Å²) in [5, 5.41) is 0.648. The van der Waals surface area contributed by atoms with E-state index < -0.39 is 0 Å². The van der Waals surface area contributed by atoms with Gasteiger partial charge in [-0.2, -0.15) is 0 Å². The quantitative estimate of drug-likeness (QED) is 0.783. The van der Waals surface area contributed by atoms with E-state index in [1.54, 1.807) is 0 Å². The highest BCUT2D eigenvalue weighted by Crippen LogP contribution is 2.30. The molecule has 15 heavy (non-hydrogen) atoms. The highest BCUT2D eigenvalue weighted by Gasteiger charge is 2.28. The van der Waals surface area contributed by atoms with Gasteiger partial charge in [0.15, 0.2) is 0 Å². The molecule has 1 heterocycles. The number of likely N-dealkylation sites (N-methyl/N-ethyl adjacent to an activating group) is 1. The topological polar surface area (TPSA) is 46.3 Å². The van der Waals surface area contributed by atoms with Gasteiger partial charge in [-0.15, -0.1) is 0 Å². The molecular weight excluding hydrogens is 212 g/mol. The average molecular weight is 225 g/mol. The minimum Gasteiger partial charge on any atom is -0.368 e. The van der Waals surface area contributed by atoms with Crippen LogP contribution in [0.2, 0.25) is 5.02 Å². The maximum absolute atomic E-state index is 11.4. The molecule has 0 fully saturated rings. The predicted molar refractivity (Wildman–Crippen MR) is 59.7 cm³/mol. The van der Waals surface area contributed by atoms with Gasteiger partial charge in [-0.25, -0.2) is 0 Å². The Balaban J connectivity index is 2.50. The Morgan fingerprint density at radius 2 is 2.33 bits per heavy atom. The van der Waals surface area contributed by atoms with Crippen molar-refractivity contribution >= 4 is 17.5 Å². The molecule has 1 unspecified atom stereocenters. The fourth-order valence-electron chi connectivity index (χ4n) is 2.08. The summed E-state index contributed by atoms with van der Waals surface area (Å²) in [5.74, 6) is -0.319. The third-order valence-corrected chi connectivity index (χ3v) is 3.08. The first-order valence-corrected chi connectivity index (χ1v) is 5.25. The van der Waals surface area contributed by atoms with Crippen LogP contribution in [0.4, 0.5) is 0 Å². The van der Waals surface area contributed by atoms with Gasteiger partial charge in [-0.3, -0.25) is 9.69 Å². The molecule has 2 rings (SSSR count). The number of amides is 1. The van der Waals surface area contributed by atoms with Crippen LogP contribution in [0, 0.1) is 0 Å². The summed E-state index contributed by atoms with van der Waals surface area (Å²) in [4.78, 5) is 13.3. The Labute approximate surface area is 93.8 Å². The maximum atomic E-state index is 11.4. The van der Waals surface area contributed by atoms with E-state index in [1.807, 2.05) is 30.1 Å². The van der Waals surface area contributed by atoms with Gasteiger partial charge in [-0.05, 0) is 36.7 Å². The lowest BCUT2D eigenvalue weighted by molar-refractivity contribution is -0.123. The van der Waals surface area contributed by atoms with Gasteiger partial charge in [0.1, 0.15) is 6.04 Å². The predicted octanol–water partition coefficient (Wildman–Crippen LogP) is 1.35. The van der Waals surface area contributed by atoms with Crippen LogP contribution in [0.25, 0.3) is 0 Å². The zero-order valence-corrected chi connectivity index (χ0v) is 9.29. The second kappa shape index (κ2) is 3.83. The highest BCUT2D eigenvalue weighted by atomic mass is 35.5. The standard InChI is InChI=1S/C11H13ClN2O/c1-14-5-4-7-2-3-8(12)6-9(7)10(14)11(13)15/h2-3,6,10H,4-5H2,1H3,(H2,13,15). The fraction of sp³-hybridized carbons (Fsp3) is 0.364. The number of carbonyl (C=O) groups is 1. The monoisotopic (exact) mass is 224 g/mol. The molecule has 0 spiro atoms. The molecule has 2 N–H and O–H groups in total. The number of nitrogens with zero attached hydrogens (tertiary/aromatic N) is 1. The molecular formula is C11H13ClN2O. The molecule has 1 aliphatic heterocycles. The SMILES string of the molecule is CN1CCc2ccc(Cl)cc2C1C(N)=O. The van der Waals surface area contributed by atoms with Crippen LogP contribution in [0.15, 0.2) is 18.2 Å². The van der Waals surface area contributed by atoms with Crippen molar-refractivity contribution in [2.75, 3.05) is 13.6 Å². The molecule has 0 saturated carbocycles. The molecule has 1 aromatic carbocycles. The van der Waals surface area contributed by atoms with Crippen molar-refractivity contribution in [1.82, 2.24) is 4.90 Å². The Morgan fingerprint density at radius 1 is 1.60 bits per heavy atom. The molecule has 80 valence electrons. The Hall–Kier alpha value is -1.06. The first-order chi connectivity index (χ1) is 7.09. The number of benzene rings is 1. The van der Waals surface area contributed by atoms with Gasteiger partial charge in [0.05, 0.1) is 0 Å². The molecule has 1 amide bonds. The Bertz CT molecular complexity index is 406. The molecule has 1 aliphatic rings. The second-order valence-electron chi connectivity index (χ2n) is 3.88. The smallest absolute Gasteiger partial charge is 0.239 e. The van der Waals surface area contributed by atoms with Gasteiger partial charge in [0, 0.05) is 11.6 Å². The molecule has 3 nitrogen and oxygen atoms in total. The Kier molecular flexibility index (Phi) is 2.67. The summed E-state index contributed by atoms with van der Waals surface area (Å²) < 4.78 is 0. The van der Waals surface area contributed by atoms with Crippen molar-refractivity contribution in [3.8, 4) is 0 Å². The number of halogens is 1. The molecule has 1 aromatic rings. The molecule has 0 saturated heterocycles. The van der Waals surface area contributed by atoms with Crippen LogP contribution < -0.4 is 5.73 Å². The second-order valence-corrected chi connectivity index (χ2v) is 4.32. The zero-order valence-electron chi connectivity index (χ0n) is 8.53. The minimum absolute atomic E-state index is 0.319. The number of hydrogen-bond acceptors (Lipinski definition) is 2. The summed E-state index contributed by atoms with van der Waals surface area (Å²) >= 11 is 5.92. The number of nitrogens with two attached hydrogens (primary N) is 1. The van der Waals surface area contributed by atoms with E-state index in [1.165, 1.54) is 5.56 Å².